The summed E-state index contributed by atoms with van der Waals surface area (Å²) >= 11 is 0. The first-order valence-corrected chi connectivity index (χ1v) is 8.91. The molecule has 1 saturated carbocycles. The lowest BCUT2D eigenvalue weighted by atomic mass is 9.85. The number of ether oxygens (including phenoxy) is 2. The molecule has 1 aromatic rings. The van der Waals surface area contributed by atoms with Crippen LogP contribution in [0.2, 0.25) is 0 Å². The molecule has 1 fully saturated rings. The number of benzene rings is 1. The fraction of sp³-hybridized carbons (Fsp3) is 0.600. The molecule has 1 aliphatic rings. The largest absolute Gasteiger partial charge is 0.378 e. The maximum atomic E-state index is 12.1. The molecule has 3 unspecified atom stereocenters. The zero-order valence-electron chi connectivity index (χ0n) is 12.7. The Hall–Kier alpha value is -1.11. The van der Waals surface area contributed by atoms with Crippen LogP contribution >= 0.6 is 0 Å². The Balaban J connectivity index is 2.15. The highest BCUT2D eigenvalue weighted by Gasteiger charge is 2.42. The van der Waals surface area contributed by atoms with Gasteiger partial charge in [-0.05, 0) is 25.5 Å². The monoisotopic (exact) mass is 313 g/mol. The fourth-order valence-electron chi connectivity index (χ4n) is 2.63. The van der Waals surface area contributed by atoms with Crippen LogP contribution in [-0.2, 0) is 19.3 Å². The van der Waals surface area contributed by atoms with Gasteiger partial charge in [-0.1, -0.05) is 19.1 Å². The van der Waals surface area contributed by atoms with Crippen LogP contribution in [-0.4, -0.2) is 46.1 Å². The van der Waals surface area contributed by atoms with Crippen LogP contribution in [0.3, 0.4) is 0 Å². The number of methoxy groups -OCH3 is 1. The van der Waals surface area contributed by atoms with Gasteiger partial charge >= 0.3 is 0 Å². The summed E-state index contributed by atoms with van der Waals surface area (Å²) in [6, 6.07) is 7.08. The number of sulfone groups is 1. The normalized spacial score (nSPS) is 25.4. The van der Waals surface area contributed by atoms with Crippen molar-refractivity contribution < 1.29 is 17.9 Å². The van der Waals surface area contributed by atoms with Gasteiger partial charge in [0.2, 0.25) is 0 Å². The minimum atomic E-state index is -3.24. The predicted octanol–water partition coefficient (Wildman–Crippen LogP) is 2.08. The van der Waals surface area contributed by atoms with Gasteiger partial charge in [-0.3, -0.25) is 0 Å². The van der Waals surface area contributed by atoms with Crippen LogP contribution in [0.1, 0.15) is 20.3 Å². The van der Waals surface area contributed by atoms with Gasteiger partial charge in [0.05, 0.1) is 28.5 Å². The number of hydrogen-bond donors (Lipinski definition) is 1. The summed E-state index contributed by atoms with van der Waals surface area (Å²) in [4.78, 5) is 0.349. The Morgan fingerprint density at radius 2 is 2.00 bits per heavy atom. The number of hydrogen-bond acceptors (Lipinski definition) is 5. The van der Waals surface area contributed by atoms with Crippen molar-refractivity contribution in [2.45, 2.75) is 43.4 Å². The summed E-state index contributed by atoms with van der Waals surface area (Å²) < 4.78 is 35.3. The molecule has 1 aromatic carbocycles. The van der Waals surface area contributed by atoms with Gasteiger partial charge in [0.15, 0.2) is 9.84 Å². The van der Waals surface area contributed by atoms with E-state index in [0.29, 0.717) is 17.2 Å². The van der Waals surface area contributed by atoms with Gasteiger partial charge in [0.1, 0.15) is 6.10 Å². The number of nitrogens with one attached hydrogen (secondary N) is 1. The molecule has 0 radical (unpaired) electrons. The molecule has 0 spiro atoms. The van der Waals surface area contributed by atoms with E-state index in [-0.39, 0.29) is 24.0 Å². The average molecular weight is 313 g/mol. The van der Waals surface area contributed by atoms with Crippen LogP contribution in [0.4, 0.5) is 5.69 Å². The van der Waals surface area contributed by atoms with Gasteiger partial charge in [-0.2, -0.15) is 0 Å². The van der Waals surface area contributed by atoms with Gasteiger partial charge in [-0.25, -0.2) is 8.42 Å². The molecule has 0 saturated heterocycles. The second-order valence-electron chi connectivity index (χ2n) is 5.08. The molecule has 0 heterocycles. The highest BCUT2D eigenvalue weighted by Crippen LogP contribution is 2.32. The number of rotatable bonds is 7. The van der Waals surface area contributed by atoms with Gasteiger partial charge in [-0.15, -0.1) is 0 Å². The van der Waals surface area contributed by atoms with Crippen molar-refractivity contribution >= 4 is 15.5 Å². The van der Waals surface area contributed by atoms with E-state index in [1.807, 2.05) is 13.0 Å². The Morgan fingerprint density at radius 1 is 1.29 bits per heavy atom. The van der Waals surface area contributed by atoms with Crippen molar-refractivity contribution in [3.63, 3.8) is 0 Å². The first-order chi connectivity index (χ1) is 10.0. The lowest BCUT2D eigenvalue weighted by molar-refractivity contribution is -0.118. The average Bonchev–Trinajstić information content (AvgIpc) is 2.47. The maximum absolute atomic E-state index is 12.1. The molecule has 1 N–H and O–H groups in total. The molecule has 0 aliphatic heterocycles. The third kappa shape index (κ3) is 3.39. The molecule has 3 atom stereocenters. The van der Waals surface area contributed by atoms with E-state index < -0.39 is 9.84 Å². The summed E-state index contributed by atoms with van der Waals surface area (Å²) in [5.74, 6) is 0.0889. The molecule has 1 aliphatic carbocycles. The van der Waals surface area contributed by atoms with E-state index >= 15 is 0 Å². The molecule has 5 nitrogen and oxygen atoms in total. The van der Waals surface area contributed by atoms with Gasteiger partial charge in [0, 0.05) is 13.7 Å². The lowest BCUT2D eigenvalue weighted by Gasteiger charge is -2.44. The second-order valence-corrected chi connectivity index (χ2v) is 7.33. The highest BCUT2D eigenvalue weighted by atomic mass is 32.2. The van der Waals surface area contributed by atoms with Crippen LogP contribution in [0, 0.1) is 0 Å². The minimum absolute atomic E-state index is 0.0534. The lowest BCUT2D eigenvalue weighted by Crippen LogP contribution is -2.56. The van der Waals surface area contributed by atoms with E-state index in [2.05, 4.69) is 5.32 Å². The zero-order valence-corrected chi connectivity index (χ0v) is 13.5. The summed E-state index contributed by atoms with van der Waals surface area (Å²) in [5.41, 5.74) is 0.640. The Morgan fingerprint density at radius 3 is 2.62 bits per heavy atom. The van der Waals surface area contributed by atoms with E-state index in [1.54, 1.807) is 32.2 Å². The standard InChI is InChI=1S/C15H23NO4S/c1-4-20-13-10-12(15(13)19-3)16-11-8-6-7-9-14(11)21(17,18)5-2/h6-9,12-13,15-16H,4-5,10H2,1-3H3. The van der Waals surface area contributed by atoms with Gasteiger partial charge < -0.3 is 14.8 Å². The molecule has 0 amide bonds. The van der Waals surface area contributed by atoms with Crippen molar-refractivity contribution in [2.75, 3.05) is 24.8 Å². The van der Waals surface area contributed by atoms with E-state index in [9.17, 15) is 8.42 Å². The third-order valence-electron chi connectivity index (χ3n) is 3.85. The van der Waals surface area contributed by atoms with Crippen molar-refractivity contribution in [1.29, 1.82) is 0 Å². The molecule has 21 heavy (non-hydrogen) atoms. The topological polar surface area (TPSA) is 64.6 Å². The van der Waals surface area contributed by atoms with E-state index in [1.165, 1.54) is 0 Å². The third-order valence-corrected chi connectivity index (χ3v) is 5.63. The van der Waals surface area contributed by atoms with Crippen LogP contribution in [0.5, 0.6) is 0 Å². The quantitative estimate of drug-likeness (QED) is 0.835. The SMILES string of the molecule is CCOC1CC(Nc2ccccc2S(=O)(=O)CC)C1OC. The zero-order chi connectivity index (χ0) is 15.5. The molecular weight excluding hydrogens is 290 g/mol. The smallest absolute Gasteiger partial charge is 0.180 e. The van der Waals surface area contributed by atoms with E-state index in [0.717, 1.165) is 6.42 Å². The Bertz CT molecular complexity index is 573. The maximum Gasteiger partial charge on any atom is 0.180 e. The predicted molar refractivity (Wildman–Crippen MR) is 82.4 cm³/mol. The summed E-state index contributed by atoms with van der Waals surface area (Å²) in [6.07, 6.45) is 0.835. The fourth-order valence-corrected chi connectivity index (χ4v) is 3.69. The Labute approximate surface area is 126 Å². The molecular formula is C15H23NO4S. The summed E-state index contributed by atoms with van der Waals surface area (Å²) in [5, 5.41) is 3.29. The molecule has 0 aromatic heterocycles. The van der Waals surface area contributed by atoms with Crippen molar-refractivity contribution in [2.24, 2.45) is 0 Å². The first-order valence-electron chi connectivity index (χ1n) is 7.26. The Kier molecular flexibility index (Phi) is 5.24. The van der Waals surface area contributed by atoms with Crippen molar-refractivity contribution in [1.82, 2.24) is 0 Å². The highest BCUT2D eigenvalue weighted by molar-refractivity contribution is 7.91. The number of para-hydroxylation sites is 1. The molecule has 2 rings (SSSR count). The summed E-state index contributed by atoms with van der Waals surface area (Å²) in [7, 11) is -1.59. The first kappa shape index (κ1) is 16.3. The van der Waals surface area contributed by atoms with Crippen LogP contribution < -0.4 is 5.32 Å². The van der Waals surface area contributed by atoms with E-state index in [4.69, 9.17) is 9.47 Å². The number of anilines is 1. The minimum Gasteiger partial charge on any atom is -0.378 e. The van der Waals surface area contributed by atoms with Gasteiger partial charge in [0.25, 0.3) is 0 Å². The van der Waals surface area contributed by atoms with Crippen molar-refractivity contribution in [3.8, 4) is 0 Å². The molecule has 118 valence electrons. The second kappa shape index (κ2) is 6.77. The summed E-state index contributed by atoms with van der Waals surface area (Å²) in [6.45, 7) is 4.26. The van der Waals surface area contributed by atoms with Crippen LogP contribution in [0.15, 0.2) is 29.2 Å². The molecule has 6 heteroatoms. The van der Waals surface area contributed by atoms with Crippen LogP contribution in [0.25, 0.3) is 0 Å². The molecule has 0 bridgehead atoms. The van der Waals surface area contributed by atoms with Crippen molar-refractivity contribution in [3.05, 3.63) is 24.3 Å².